The molecule has 0 amide bonds. The molecular weight excluding hydrogens is 316 g/mol. The van der Waals surface area contributed by atoms with E-state index >= 15 is 0 Å². The van der Waals surface area contributed by atoms with Crippen LogP contribution in [0.5, 0.6) is 0 Å². The number of hydrogen-bond donors (Lipinski definition) is 2. The van der Waals surface area contributed by atoms with Crippen LogP contribution >= 0.6 is 11.6 Å². The van der Waals surface area contributed by atoms with Crippen molar-refractivity contribution in [3.05, 3.63) is 41.0 Å². The summed E-state index contributed by atoms with van der Waals surface area (Å²) in [6, 6.07) is 6.93. The van der Waals surface area contributed by atoms with Crippen molar-refractivity contribution in [1.29, 1.82) is 0 Å². The lowest BCUT2D eigenvalue weighted by Gasteiger charge is -2.13. The van der Waals surface area contributed by atoms with Gasteiger partial charge in [0.1, 0.15) is 5.82 Å². The summed E-state index contributed by atoms with van der Waals surface area (Å²) in [6.45, 7) is 4.17. The van der Waals surface area contributed by atoms with Crippen LogP contribution in [0.2, 0.25) is 5.02 Å². The van der Waals surface area contributed by atoms with E-state index in [9.17, 15) is 4.79 Å². The molecule has 0 bridgehead atoms. The van der Waals surface area contributed by atoms with E-state index < -0.39 is 5.97 Å². The normalized spacial score (nSPS) is 11.7. The van der Waals surface area contributed by atoms with Crippen LogP contribution in [-0.4, -0.2) is 29.1 Å². The molecule has 2 N–H and O–H groups in total. The monoisotopic (exact) mass is 334 g/mol. The molecule has 0 saturated carbocycles. The van der Waals surface area contributed by atoms with Gasteiger partial charge in [-0.3, -0.25) is 0 Å². The lowest BCUT2D eigenvalue weighted by atomic mass is 10.2. The van der Waals surface area contributed by atoms with Gasteiger partial charge < -0.3 is 15.4 Å². The van der Waals surface area contributed by atoms with Crippen LogP contribution < -0.4 is 10.6 Å². The van der Waals surface area contributed by atoms with E-state index in [1.54, 1.807) is 30.5 Å². The van der Waals surface area contributed by atoms with Crippen LogP contribution in [0, 0.1) is 0 Å². The largest absolute Gasteiger partial charge is 0.465 e. The predicted octanol–water partition coefficient (Wildman–Crippen LogP) is 3.87. The molecule has 1 heterocycles. The SMILES string of the molecule is CCC(C)Nc1ccnc(Nc2cc(C(=O)OC)ccc2Cl)n1. The van der Waals surface area contributed by atoms with Crippen molar-refractivity contribution in [2.24, 2.45) is 0 Å². The van der Waals surface area contributed by atoms with E-state index in [1.165, 1.54) is 7.11 Å². The Labute approximate surface area is 140 Å². The van der Waals surface area contributed by atoms with Crippen LogP contribution in [0.25, 0.3) is 0 Å². The fourth-order valence-electron chi connectivity index (χ4n) is 1.84. The van der Waals surface area contributed by atoms with Gasteiger partial charge in [0.2, 0.25) is 5.95 Å². The Balaban J connectivity index is 2.21. The minimum absolute atomic E-state index is 0.309. The van der Waals surface area contributed by atoms with Gasteiger partial charge in [0.15, 0.2) is 0 Å². The molecule has 6 nitrogen and oxygen atoms in total. The maximum absolute atomic E-state index is 11.6. The fourth-order valence-corrected chi connectivity index (χ4v) is 2.00. The molecule has 0 radical (unpaired) electrons. The molecule has 0 aliphatic carbocycles. The molecule has 1 unspecified atom stereocenters. The molecule has 0 fully saturated rings. The van der Waals surface area contributed by atoms with Crippen LogP contribution in [0.15, 0.2) is 30.5 Å². The summed E-state index contributed by atoms with van der Waals surface area (Å²) in [5.41, 5.74) is 0.934. The second-order valence-corrected chi connectivity index (χ2v) is 5.44. The molecule has 122 valence electrons. The number of nitrogens with zero attached hydrogens (tertiary/aromatic N) is 2. The molecule has 7 heteroatoms. The summed E-state index contributed by atoms with van der Waals surface area (Å²) < 4.78 is 4.71. The lowest BCUT2D eigenvalue weighted by Crippen LogP contribution is -2.15. The third kappa shape index (κ3) is 4.56. The van der Waals surface area contributed by atoms with Crippen LogP contribution in [0.3, 0.4) is 0 Å². The van der Waals surface area contributed by atoms with Gasteiger partial charge in [-0.15, -0.1) is 0 Å². The molecule has 2 rings (SSSR count). The van der Waals surface area contributed by atoms with Gasteiger partial charge in [-0.2, -0.15) is 4.98 Å². The van der Waals surface area contributed by atoms with E-state index in [0.717, 1.165) is 12.2 Å². The first-order valence-corrected chi connectivity index (χ1v) is 7.65. The van der Waals surface area contributed by atoms with E-state index in [4.69, 9.17) is 16.3 Å². The average molecular weight is 335 g/mol. The number of anilines is 3. The topological polar surface area (TPSA) is 76.1 Å². The molecule has 0 saturated heterocycles. The summed E-state index contributed by atoms with van der Waals surface area (Å²) in [6.07, 6.45) is 2.64. The Hall–Kier alpha value is -2.34. The average Bonchev–Trinajstić information content (AvgIpc) is 2.56. The predicted molar refractivity (Wildman–Crippen MR) is 91.5 cm³/mol. The number of ether oxygens (including phenoxy) is 1. The number of carbonyl (C=O) groups excluding carboxylic acids is 1. The highest BCUT2D eigenvalue weighted by Crippen LogP contribution is 2.26. The van der Waals surface area contributed by atoms with E-state index in [0.29, 0.717) is 28.3 Å². The summed E-state index contributed by atoms with van der Waals surface area (Å²) >= 11 is 6.15. The maximum atomic E-state index is 11.6. The van der Waals surface area contributed by atoms with Gasteiger partial charge >= 0.3 is 5.97 Å². The Morgan fingerprint density at radius 1 is 1.39 bits per heavy atom. The first-order valence-electron chi connectivity index (χ1n) is 7.28. The number of benzene rings is 1. The number of esters is 1. The van der Waals surface area contributed by atoms with Gasteiger partial charge in [-0.1, -0.05) is 18.5 Å². The maximum Gasteiger partial charge on any atom is 0.337 e. The van der Waals surface area contributed by atoms with E-state index in [2.05, 4.69) is 34.4 Å². The number of halogens is 1. The lowest BCUT2D eigenvalue weighted by molar-refractivity contribution is 0.0601. The number of hydrogen-bond acceptors (Lipinski definition) is 6. The number of methoxy groups -OCH3 is 1. The first kappa shape index (κ1) is 17.0. The van der Waals surface area contributed by atoms with Crippen molar-refractivity contribution in [1.82, 2.24) is 9.97 Å². The van der Waals surface area contributed by atoms with Crippen molar-refractivity contribution in [2.75, 3.05) is 17.7 Å². The molecule has 2 aromatic rings. The third-order valence-electron chi connectivity index (χ3n) is 3.30. The molecular formula is C16H19ClN4O2. The number of nitrogens with one attached hydrogen (secondary N) is 2. The second-order valence-electron chi connectivity index (χ2n) is 5.03. The molecule has 0 aliphatic heterocycles. The van der Waals surface area contributed by atoms with Gasteiger partial charge in [0, 0.05) is 12.2 Å². The zero-order valence-electron chi connectivity index (χ0n) is 13.3. The molecule has 1 aromatic carbocycles. The van der Waals surface area contributed by atoms with Crippen molar-refractivity contribution < 1.29 is 9.53 Å². The van der Waals surface area contributed by atoms with Crippen LogP contribution in [0.4, 0.5) is 17.5 Å². The van der Waals surface area contributed by atoms with E-state index in [1.807, 2.05) is 0 Å². The van der Waals surface area contributed by atoms with Gasteiger partial charge in [0.25, 0.3) is 0 Å². The summed E-state index contributed by atoms with van der Waals surface area (Å²) in [4.78, 5) is 20.2. The Morgan fingerprint density at radius 3 is 2.87 bits per heavy atom. The zero-order chi connectivity index (χ0) is 16.8. The van der Waals surface area contributed by atoms with Gasteiger partial charge in [-0.25, -0.2) is 9.78 Å². The highest BCUT2D eigenvalue weighted by atomic mass is 35.5. The second kappa shape index (κ2) is 7.78. The summed E-state index contributed by atoms with van der Waals surface area (Å²) in [5, 5.41) is 6.75. The minimum Gasteiger partial charge on any atom is -0.465 e. The quantitative estimate of drug-likeness (QED) is 0.781. The Kier molecular flexibility index (Phi) is 5.76. The minimum atomic E-state index is -0.433. The molecule has 23 heavy (non-hydrogen) atoms. The third-order valence-corrected chi connectivity index (χ3v) is 3.63. The Morgan fingerprint density at radius 2 is 2.17 bits per heavy atom. The standard InChI is InChI=1S/C16H19ClN4O2/c1-4-10(2)19-14-7-8-18-16(21-14)20-13-9-11(15(22)23-3)5-6-12(13)17/h5-10H,4H2,1-3H3,(H2,18,19,20,21). The molecule has 1 atom stereocenters. The Bertz CT molecular complexity index is 694. The van der Waals surface area contributed by atoms with Crippen molar-refractivity contribution in [3.63, 3.8) is 0 Å². The van der Waals surface area contributed by atoms with Crippen molar-refractivity contribution in [3.8, 4) is 0 Å². The summed E-state index contributed by atoms with van der Waals surface area (Å²) in [7, 11) is 1.33. The van der Waals surface area contributed by atoms with Crippen LogP contribution in [0.1, 0.15) is 30.6 Å². The smallest absolute Gasteiger partial charge is 0.337 e. The number of rotatable bonds is 6. The van der Waals surface area contributed by atoms with Gasteiger partial charge in [-0.05, 0) is 37.6 Å². The van der Waals surface area contributed by atoms with Crippen molar-refractivity contribution >= 4 is 35.0 Å². The van der Waals surface area contributed by atoms with Gasteiger partial charge in [0.05, 0.1) is 23.4 Å². The van der Waals surface area contributed by atoms with Crippen LogP contribution in [-0.2, 0) is 4.74 Å². The summed E-state index contributed by atoms with van der Waals surface area (Å²) in [5.74, 6) is 0.678. The molecule has 0 spiro atoms. The molecule has 1 aromatic heterocycles. The highest BCUT2D eigenvalue weighted by Gasteiger charge is 2.10. The number of carbonyl (C=O) groups is 1. The van der Waals surface area contributed by atoms with Crippen molar-refractivity contribution in [2.45, 2.75) is 26.3 Å². The first-order chi connectivity index (χ1) is 11.0. The highest BCUT2D eigenvalue weighted by molar-refractivity contribution is 6.33. The zero-order valence-corrected chi connectivity index (χ0v) is 14.0. The molecule has 0 aliphatic rings. The number of aromatic nitrogens is 2. The fraction of sp³-hybridized carbons (Fsp3) is 0.312. The van der Waals surface area contributed by atoms with E-state index in [-0.39, 0.29) is 0 Å².